The molecule has 8 heteroatoms. The Balaban J connectivity index is 4.08. The lowest BCUT2D eigenvalue weighted by atomic mass is 9.96. The van der Waals surface area contributed by atoms with Gasteiger partial charge in [-0.2, -0.15) is 0 Å². The topological polar surface area (TPSA) is 156 Å². The van der Waals surface area contributed by atoms with Gasteiger partial charge < -0.3 is 41.9 Å². The lowest BCUT2D eigenvalue weighted by molar-refractivity contribution is -0.443. The Morgan fingerprint density at radius 1 is 0.667 bits per heavy atom. The van der Waals surface area contributed by atoms with Crippen molar-refractivity contribution in [3.05, 3.63) is 0 Å². The summed E-state index contributed by atoms with van der Waals surface area (Å²) in [4.78, 5) is 22.3. The zero-order chi connectivity index (χ0) is 22.8. The first-order valence-corrected chi connectivity index (χ1v) is 11.5. The number of hydrogen-bond donors (Lipinski definition) is 4. The molecule has 0 saturated heterocycles. The largest absolute Gasteiger partial charge is 0.841 e. The zero-order valence-corrected chi connectivity index (χ0v) is 18.9. The van der Waals surface area contributed by atoms with Crippen molar-refractivity contribution < 1.29 is 19.8 Å². The summed E-state index contributed by atoms with van der Waals surface area (Å²) >= 11 is 0. The van der Waals surface area contributed by atoms with E-state index in [4.69, 9.17) is 11.5 Å². The number of hydrogen-bond acceptors (Lipinski definition) is 8. The van der Waals surface area contributed by atoms with Crippen LogP contribution in [0, 0.1) is 11.8 Å². The Kier molecular flexibility index (Phi) is 18.3. The van der Waals surface area contributed by atoms with E-state index in [0.717, 1.165) is 63.9 Å². The number of aldehydes is 2. The summed E-state index contributed by atoms with van der Waals surface area (Å²) in [6.45, 7) is 4.96. The van der Waals surface area contributed by atoms with Crippen LogP contribution in [-0.4, -0.2) is 50.2 Å². The third-order valence-electron chi connectivity index (χ3n) is 5.63. The molecule has 0 saturated carbocycles. The van der Waals surface area contributed by atoms with Crippen molar-refractivity contribution in [3.63, 3.8) is 0 Å². The van der Waals surface area contributed by atoms with E-state index in [0.29, 0.717) is 25.9 Å². The Hall–Kier alpha value is -0.900. The minimum Gasteiger partial charge on any atom is -0.841 e. The summed E-state index contributed by atoms with van der Waals surface area (Å²) in [6, 6.07) is -0.825. The van der Waals surface area contributed by atoms with Crippen LogP contribution in [0.1, 0.15) is 78.1 Å². The van der Waals surface area contributed by atoms with E-state index >= 15 is 0 Å². The van der Waals surface area contributed by atoms with Gasteiger partial charge in [0.05, 0.1) is 12.1 Å². The zero-order valence-electron chi connectivity index (χ0n) is 18.9. The first-order chi connectivity index (χ1) is 14.4. The molecule has 0 aliphatic heterocycles. The Morgan fingerprint density at radius 2 is 1.00 bits per heavy atom. The molecule has 6 N–H and O–H groups in total. The summed E-state index contributed by atoms with van der Waals surface area (Å²) in [7, 11) is 0. The van der Waals surface area contributed by atoms with Gasteiger partial charge in [-0.3, -0.25) is 0 Å². The quantitative estimate of drug-likeness (QED) is 0.111. The van der Waals surface area contributed by atoms with E-state index in [1.807, 2.05) is 13.8 Å². The maximum atomic E-state index is 12.3. The van der Waals surface area contributed by atoms with E-state index in [-0.39, 0.29) is 11.8 Å². The van der Waals surface area contributed by atoms with E-state index in [2.05, 4.69) is 10.6 Å². The highest BCUT2D eigenvalue weighted by Gasteiger charge is 2.14. The van der Waals surface area contributed by atoms with Crippen LogP contribution in [0.2, 0.25) is 0 Å². The van der Waals surface area contributed by atoms with Crippen molar-refractivity contribution in [2.24, 2.45) is 23.3 Å². The smallest absolute Gasteiger partial charge is 0.136 e. The number of carbonyl (C=O) groups is 2. The van der Waals surface area contributed by atoms with Gasteiger partial charge in [0.2, 0.25) is 0 Å². The second-order valence-corrected chi connectivity index (χ2v) is 8.47. The summed E-state index contributed by atoms with van der Waals surface area (Å²) in [5, 5.41) is 30.4. The van der Waals surface area contributed by atoms with Crippen LogP contribution in [0.25, 0.3) is 0 Å². The summed E-state index contributed by atoms with van der Waals surface area (Å²) in [5.41, 5.74) is 10.9. The second-order valence-electron chi connectivity index (χ2n) is 8.47. The minimum atomic E-state index is -0.980. The summed E-state index contributed by atoms with van der Waals surface area (Å²) in [5.74, 6) is -0.194. The van der Waals surface area contributed by atoms with Crippen molar-refractivity contribution in [2.75, 3.05) is 13.1 Å². The van der Waals surface area contributed by atoms with Crippen molar-refractivity contribution in [3.8, 4) is 0 Å². The molecule has 0 aromatic heterocycles. The van der Waals surface area contributed by atoms with Gasteiger partial charge in [0.1, 0.15) is 12.6 Å². The lowest BCUT2D eigenvalue weighted by Gasteiger charge is -2.34. The molecule has 0 bridgehead atoms. The SMILES string of the molecule is CC(CCCCC(C)C([O-])N[C@@H](C=O)CCCCN)C([O-])N[C@@H](C=O)CCCCN. The van der Waals surface area contributed by atoms with Crippen LogP contribution >= 0.6 is 0 Å². The lowest BCUT2D eigenvalue weighted by Crippen LogP contribution is -2.51. The predicted octanol–water partition coefficient (Wildman–Crippen LogP) is -0.236. The Bertz CT molecular complexity index is 390. The minimum absolute atomic E-state index is 0.0968. The third-order valence-corrected chi connectivity index (χ3v) is 5.63. The molecule has 0 rings (SSSR count). The molecule has 0 amide bonds. The molecule has 0 aromatic rings. The van der Waals surface area contributed by atoms with Gasteiger partial charge in [-0.25, -0.2) is 0 Å². The van der Waals surface area contributed by atoms with Gasteiger partial charge in [0.15, 0.2) is 0 Å². The van der Waals surface area contributed by atoms with Gasteiger partial charge >= 0.3 is 0 Å². The van der Waals surface area contributed by atoms with Gasteiger partial charge in [-0.05, 0) is 50.6 Å². The number of nitrogens with one attached hydrogen (secondary N) is 2. The molecule has 0 spiro atoms. The molecule has 0 aliphatic carbocycles. The van der Waals surface area contributed by atoms with Crippen LogP contribution in [0.5, 0.6) is 0 Å². The summed E-state index contributed by atoms with van der Waals surface area (Å²) in [6.07, 6.45) is 7.46. The molecule has 0 aromatic carbocycles. The molecule has 4 unspecified atom stereocenters. The summed E-state index contributed by atoms with van der Waals surface area (Å²) < 4.78 is 0. The van der Waals surface area contributed by atoms with E-state index in [1.165, 1.54) is 0 Å². The molecule has 30 heavy (non-hydrogen) atoms. The highest BCUT2D eigenvalue weighted by molar-refractivity contribution is 5.57. The number of unbranched alkanes of at least 4 members (excludes halogenated alkanes) is 3. The highest BCUT2D eigenvalue weighted by atomic mass is 16.3. The highest BCUT2D eigenvalue weighted by Crippen LogP contribution is 2.16. The Labute approximate surface area is 182 Å². The first kappa shape index (κ1) is 29.1. The number of rotatable bonds is 21. The van der Waals surface area contributed by atoms with Crippen LogP contribution in [0.4, 0.5) is 0 Å². The number of nitrogens with two attached hydrogens (primary N) is 2. The third kappa shape index (κ3) is 14.2. The maximum Gasteiger partial charge on any atom is 0.136 e. The Morgan fingerprint density at radius 3 is 1.30 bits per heavy atom. The standard InChI is InChI=1S/C22H44N4O4/c1-17(21(29)25-19(15-27)11-5-7-13-23)9-3-4-10-18(2)22(30)26-20(16-28)12-6-8-14-24/h15-22,25-26H,3-14,23-24H2,1-2H3/q-2/t17?,18?,19-,20-,21?,22?/m1/s1. The fourth-order valence-electron chi connectivity index (χ4n) is 3.38. The average Bonchev–Trinajstić information content (AvgIpc) is 2.74. The monoisotopic (exact) mass is 428 g/mol. The van der Waals surface area contributed by atoms with Crippen LogP contribution in [0.15, 0.2) is 0 Å². The van der Waals surface area contributed by atoms with Crippen molar-refractivity contribution >= 4 is 12.6 Å². The van der Waals surface area contributed by atoms with E-state index in [1.54, 1.807) is 0 Å². The van der Waals surface area contributed by atoms with Crippen LogP contribution in [-0.2, 0) is 9.59 Å². The van der Waals surface area contributed by atoms with Crippen molar-refractivity contribution in [1.82, 2.24) is 10.6 Å². The molecule has 178 valence electrons. The molecular weight excluding hydrogens is 384 g/mol. The number of carbonyl (C=O) groups excluding carboxylic acids is 2. The molecule has 0 aliphatic rings. The van der Waals surface area contributed by atoms with Gasteiger partial charge in [0.25, 0.3) is 0 Å². The van der Waals surface area contributed by atoms with E-state index in [9.17, 15) is 19.8 Å². The fourth-order valence-corrected chi connectivity index (χ4v) is 3.38. The normalized spacial score (nSPS) is 17.7. The first-order valence-electron chi connectivity index (χ1n) is 11.5. The molecule has 0 radical (unpaired) electrons. The van der Waals surface area contributed by atoms with Crippen molar-refractivity contribution in [1.29, 1.82) is 0 Å². The van der Waals surface area contributed by atoms with Crippen LogP contribution < -0.4 is 32.3 Å². The fraction of sp³-hybridized carbons (Fsp3) is 0.909. The predicted molar refractivity (Wildman–Crippen MR) is 116 cm³/mol. The molecule has 0 heterocycles. The average molecular weight is 429 g/mol. The second kappa shape index (κ2) is 18.8. The van der Waals surface area contributed by atoms with Crippen LogP contribution in [0.3, 0.4) is 0 Å². The van der Waals surface area contributed by atoms with E-state index < -0.39 is 24.5 Å². The molecule has 8 nitrogen and oxygen atoms in total. The maximum absolute atomic E-state index is 12.3. The van der Waals surface area contributed by atoms with Gasteiger partial charge in [-0.1, -0.05) is 64.8 Å². The van der Waals surface area contributed by atoms with Crippen molar-refractivity contribution in [2.45, 2.75) is 103 Å². The van der Waals surface area contributed by atoms with Gasteiger partial charge in [-0.15, -0.1) is 0 Å². The van der Waals surface area contributed by atoms with Gasteiger partial charge in [0, 0.05) is 0 Å². The molecule has 0 fully saturated rings. The molecular formula is C22H44N4O4-2. The molecule has 6 atom stereocenters.